The molecule has 1 aliphatic carbocycles. The molecular formula is C16H18N8O. The predicted octanol–water partition coefficient (Wildman–Crippen LogP) is 1.98. The molecule has 0 radical (unpaired) electrons. The number of rotatable bonds is 5. The second kappa shape index (κ2) is 5.93. The first-order chi connectivity index (χ1) is 12.1. The summed E-state index contributed by atoms with van der Waals surface area (Å²) in [4.78, 5) is 19.8. The second-order valence-electron chi connectivity index (χ2n) is 5.99. The van der Waals surface area contributed by atoms with E-state index in [1.165, 1.54) is 6.92 Å². The number of nitrogens with two attached hydrogens (primary N) is 1. The number of fused-ring (bicyclic) bond motifs is 1. The normalized spacial score (nSPS) is 13.6. The Hall–Kier alpha value is -3.36. The van der Waals surface area contributed by atoms with Crippen molar-refractivity contribution in [1.82, 2.24) is 19.6 Å². The average molecular weight is 338 g/mol. The molecule has 1 aliphatic rings. The largest absolute Gasteiger partial charge is 0.382 e. The van der Waals surface area contributed by atoms with Crippen LogP contribution in [0.1, 0.15) is 19.8 Å². The number of nitrogen functional groups attached to an aromatic ring is 1. The van der Waals surface area contributed by atoms with Crippen molar-refractivity contribution in [2.24, 2.45) is 0 Å². The van der Waals surface area contributed by atoms with Gasteiger partial charge in [-0.25, -0.2) is 9.97 Å². The molecule has 0 saturated heterocycles. The fraction of sp³-hybridized carbons (Fsp3) is 0.250. The average Bonchev–Trinajstić information content (AvgIpc) is 3.29. The van der Waals surface area contributed by atoms with E-state index in [1.54, 1.807) is 28.9 Å². The van der Waals surface area contributed by atoms with Crippen molar-refractivity contribution in [2.45, 2.75) is 25.8 Å². The van der Waals surface area contributed by atoms with E-state index in [2.05, 4.69) is 31.0 Å². The molecule has 5 N–H and O–H groups in total. The lowest BCUT2D eigenvalue weighted by molar-refractivity contribution is -0.114. The number of aromatic nitrogens is 4. The van der Waals surface area contributed by atoms with Crippen molar-refractivity contribution < 1.29 is 4.79 Å². The minimum Gasteiger partial charge on any atom is -0.382 e. The molecule has 4 rings (SSSR count). The van der Waals surface area contributed by atoms with E-state index in [4.69, 9.17) is 5.73 Å². The number of hydrogen-bond donors (Lipinski definition) is 4. The van der Waals surface area contributed by atoms with E-state index in [1.807, 2.05) is 6.07 Å². The Bertz CT molecular complexity index is 946. The van der Waals surface area contributed by atoms with Gasteiger partial charge in [0.15, 0.2) is 11.5 Å². The summed E-state index contributed by atoms with van der Waals surface area (Å²) in [5.41, 5.74) is 7.51. The molecule has 0 atom stereocenters. The van der Waals surface area contributed by atoms with Gasteiger partial charge in [-0.05, 0) is 25.0 Å². The molecule has 3 aromatic heterocycles. The summed E-state index contributed by atoms with van der Waals surface area (Å²) in [6.07, 6.45) is 3.88. The van der Waals surface area contributed by atoms with Crippen LogP contribution in [0.2, 0.25) is 0 Å². The highest BCUT2D eigenvalue weighted by Crippen LogP contribution is 2.29. The van der Waals surface area contributed by atoms with Crippen LogP contribution in [0.25, 0.3) is 5.65 Å². The van der Waals surface area contributed by atoms with Crippen molar-refractivity contribution in [3.8, 4) is 0 Å². The molecule has 0 aromatic carbocycles. The van der Waals surface area contributed by atoms with Crippen molar-refractivity contribution in [3.05, 3.63) is 30.5 Å². The Morgan fingerprint density at radius 2 is 2.08 bits per heavy atom. The highest BCUT2D eigenvalue weighted by Gasteiger charge is 2.23. The Labute approximate surface area is 143 Å². The van der Waals surface area contributed by atoms with Gasteiger partial charge >= 0.3 is 0 Å². The lowest BCUT2D eigenvalue weighted by Crippen LogP contribution is -2.10. The predicted molar refractivity (Wildman–Crippen MR) is 95.9 cm³/mol. The molecule has 0 spiro atoms. The van der Waals surface area contributed by atoms with Crippen LogP contribution in [0, 0.1) is 0 Å². The van der Waals surface area contributed by atoms with Gasteiger partial charge in [0.25, 0.3) is 0 Å². The van der Waals surface area contributed by atoms with Gasteiger partial charge < -0.3 is 21.7 Å². The first-order valence-corrected chi connectivity index (χ1v) is 8.01. The molecule has 1 saturated carbocycles. The Kier molecular flexibility index (Phi) is 3.60. The molecule has 1 amide bonds. The molecule has 128 valence electrons. The molecule has 3 heterocycles. The topological polar surface area (TPSA) is 122 Å². The van der Waals surface area contributed by atoms with Crippen LogP contribution in [0.3, 0.4) is 0 Å². The standard InChI is InChI=1S/C16H18N8O/c1-9(25)19-13-3-2-4-14(21-13)22-15-7-11(20-10-5-6-10)16-18-8-12(17)24(16)23-15/h2-4,7-8,10,20H,5-6,17H2,1H3,(H2,19,21,22,23,25). The van der Waals surface area contributed by atoms with E-state index < -0.39 is 0 Å². The number of carbonyl (C=O) groups excluding carboxylic acids is 1. The first kappa shape index (κ1) is 15.2. The van der Waals surface area contributed by atoms with Gasteiger partial charge in [-0.1, -0.05) is 6.07 Å². The van der Waals surface area contributed by atoms with Gasteiger partial charge in [0.2, 0.25) is 5.91 Å². The summed E-state index contributed by atoms with van der Waals surface area (Å²) in [6, 6.07) is 7.67. The number of nitrogens with one attached hydrogen (secondary N) is 3. The summed E-state index contributed by atoms with van der Waals surface area (Å²) < 4.78 is 1.59. The van der Waals surface area contributed by atoms with Gasteiger partial charge in [-0.2, -0.15) is 4.52 Å². The third-order valence-corrected chi connectivity index (χ3v) is 3.74. The molecule has 0 aliphatic heterocycles. The number of amides is 1. The van der Waals surface area contributed by atoms with Crippen molar-refractivity contribution in [1.29, 1.82) is 0 Å². The van der Waals surface area contributed by atoms with Crippen LogP contribution in [0.15, 0.2) is 30.5 Å². The highest BCUT2D eigenvalue weighted by atomic mass is 16.1. The third kappa shape index (κ3) is 3.30. The van der Waals surface area contributed by atoms with E-state index >= 15 is 0 Å². The van der Waals surface area contributed by atoms with Gasteiger partial charge in [0.1, 0.15) is 17.5 Å². The summed E-state index contributed by atoms with van der Waals surface area (Å²) in [5, 5.41) is 13.7. The molecule has 0 bridgehead atoms. The van der Waals surface area contributed by atoms with Crippen LogP contribution in [-0.4, -0.2) is 31.5 Å². The first-order valence-electron chi connectivity index (χ1n) is 8.01. The number of anilines is 5. The van der Waals surface area contributed by atoms with Crippen molar-refractivity contribution in [3.63, 3.8) is 0 Å². The molecule has 3 aromatic rings. The van der Waals surface area contributed by atoms with Gasteiger partial charge in [-0.3, -0.25) is 4.79 Å². The van der Waals surface area contributed by atoms with E-state index in [-0.39, 0.29) is 5.91 Å². The summed E-state index contributed by atoms with van der Waals surface area (Å²) in [5.74, 6) is 1.89. The molecule has 1 fully saturated rings. The number of nitrogens with zero attached hydrogens (tertiary/aromatic N) is 4. The van der Waals surface area contributed by atoms with E-state index in [0.717, 1.165) is 18.5 Å². The number of hydrogen-bond acceptors (Lipinski definition) is 7. The molecule has 9 nitrogen and oxygen atoms in total. The maximum absolute atomic E-state index is 11.2. The highest BCUT2D eigenvalue weighted by molar-refractivity contribution is 5.87. The van der Waals surface area contributed by atoms with E-state index in [0.29, 0.717) is 35.0 Å². The smallest absolute Gasteiger partial charge is 0.222 e. The second-order valence-corrected chi connectivity index (χ2v) is 5.99. The minimum absolute atomic E-state index is 0.175. The third-order valence-electron chi connectivity index (χ3n) is 3.74. The van der Waals surface area contributed by atoms with Gasteiger partial charge in [-0.15, -0.1) is 5.10 Å². The lowest BCUT2D eigenvalue weighted by atomic mass is 10.4. The van der Waals surface area contributed by atoms with Gasteiger partial charge in [0.05, 0.1) is 11.9 Å². The number of imidazole rings is 1. The van der Waals surface area contributed by atoms with Crippen LogP contribution in [0.4, 0.5) is 29.0 Å². The number of pyridine rings is 1. The van der Waals surface area contributed by atoms with E-state index in [9.17, 15) is 4.79 Å². The maximum Gasteiger partial charge on any atom is 0.222 e. The van der Waals surface area contributed by atoms with Crippen molar-refractivity contribution >= 4 is 40.5 Å². The molecule has 25 heavy (non-hydrogen) atoms. The summed E-state index contributed by atoms with van der Waals surface area (Å²) in [6.45, 7) is 1.44. The van der Waals surface area contributed by atoms with Crippen LogP contribution >= 0.6 is 0 Å². The fourth-order valence-electron chi connectivity index (χ4n) is 2.49. The molecule has 9 heteroatoms. The van der Waals surface area contributed by atoms with Crippen molar-refractivity contribution in [2.75, 3.05) is 21.7 Å². The monoisotopic (exact) mass is 338 g/mol. The quantitative estimate of drug-likeness (QED) is 0.561. The SMILES string of the molecule is CC(=O)Nc1cccc(Nc2cc(NC3CC3)c3ncc(N)n3n2)n1. The van der Waals surface area contributed by atoms with Gasteiger partial charge in [0, 0.05) is 19.0 Å². The zero-order valence-electron chi connectivity index (χ0n) is 13.7. The zero-order chi connectivity index (χ0) is 17.4. The summed E-state index contributed by atoms with van der Waals surface area (Å²) in [7, 11) is 0. The number of carbonyl (C=O) groups is 1. The fourth-order valence-corrected chi connectivity index (χ4v) is 2.49. The Morgan fingerprint density at radius 3 is 2.84 bits per heavy atom. The summed E-state index contributed by atoms with van der Waals surface area (Å²) >= 11 is 0. The Balaban J connectivity index is 1.66. The maximum atomic E-state index is 11.2. The molecule has 0 unspecified atom stereocenters. The van der Waals surface area contributed by atoms with Crippen LogP contribution in [-0.2, 0) is 4.79 Å². The zero-order valence-corrected chi connectivity index (χ0v) is 13.7. The Morgan fingerprint density at radius 1 is 1.28 bits per heavy atom. The van der Waals surface area contributed by atoms with Crippen LogP contribution < -0.4 is 21.7 Å². The minimum atomic E-state index is -0.175. The molecular weight excluding hydrogens is 320 g/mol. The lowest BCUT2D eigenvalue weighted by Gasteiger charge is -2.11. The van der Waals surface area contributed by atoms with Crippen LogP contribution in [0.5, 0.6) is 0 Å².